The molecule has 1 aliphatic rings. The summed E-state index contributed by atoms with van der Waals surface area (Å²) >= 11 is 0. The number of piperidine rings is 1. The first-order valence-corrected chi connectivity index (χ1v) is 8.17. The largest absolute Gasteiger partial charge is 0.371 e. The van der Waals surface area contributed by atoms with Crippen LogP contribution in [0.5, 0.6) is 0 Å². The lowest BCUT2D eigenvalue weighted by Crippen LogP contribution is -2.56. The third-order valence-electron chi connectivity index (χ3n) is 4.64. The van der Waals surface area contributed by atoms with E-state index in [1.165, 1.54) is 17.7 Å². The van der Waals surface area contributed by atoms with Crippen LogP contribution in [0, 0.1) is 5.82 Å². The molecule has 1 amide bonds. The predicted octanol–water partition coefficient (Wildman–Crippen LogP) is 2.76. The van der Waals surface area contributed by atoms with Crippen molar-refractivity contribution in [2.45, 2.75) is 24.9 Å². The number of carbonyl (C=O) groups excluding carboxylic acids is 1. The van der Waals surface area contributed by atoms with Gasteiger partial charge in [-0.2, -0.15) is 0 Å². The Hall–Kier alpha value is -2.40. The first-order valence-electron chi connectivity index (χ1n) is 8.17. The molecule has 1 heterocycles. The molecule has 2 aromatic carbocycles. The predicted molar refractivity (Wildman–Crippen MR) is 92.9 cm³/mol. The fourth-order valence-electron chi connectivity index (χ4n) is 3.21. The monoisotopic (exact) mass is 327 g/mol. The molecule has 2 aromatic rings. The molecule has 24 heavy (non-hydrogen) atoms. The summed E-state index contributed by atoms with van der Waals surface area (Å²) in [6.07, 6.45) is 1.21. The zero-order valence-corrected chi connectivity index (χ0v) is 13.5. The average Bonchev–Trinajstić information content (AvgIpc) is 2.57. The minimum atomic E-state index is -0.818. The lowest BCUT2D eigenvalue weighted by atomic mass is 9.86. The van der Waals surface area contributed by atoms with Crippen molar-refractivity contribution < 1.29 is 9.18 Å². The number of likely N-dealkylation sites (tertiary alicyclic amines) is 1. The SMILES string of the molecule is NC(=O)C1(Nc2cccc(F)c2)CCN(Cc2ccccc2)CC1. The van der Waals surface area contributed by atoms with Crippen LogP contribution < -0.4 is 11.1 Å². The molecule has 3 rings (SSSR count). The zero-order chi connectivity index (χ0) is 17.0. The minimum absolute atomic E-state index is 0.332. The molecule has 0 unspecified atom stereocenters. The van der Waals surface area contributed by atoms with Crippen molar-refractivity contribution in [3.8, 4) is 0 Å². The number of nitrogens with two attached hydrogens (primary N) is 1. The molecular weight excluding hydrogens is 305 g/mol. The maximum Gasteiger partial charge on any atom is 0.243 e. The van der Waals surface area contributed by atoms with Crippen LogP contribution in [0.1, 0.15) is 18.4 Å². The summed E-state index contributed by atoms with van der Waals surface area (Å²) in [6.45, 7) is 2.38. The summed E-state index contributed by atoms with van der Waals surface area (Å²) in [5.74, 6) is -0.716. The lowest BCUT2D eigenvalue weighted by molar-refractivity contribution is -0.123. The Bertz CT molecular complexity index is 697. The highest BCUT2D eigenvalue weighted by atomic mass is 19.1. The normalized spacial score (nSPS) is 17.4. The van der Waals surface area contributed by atoms with Crippen molar-refractivity contribution in [2.24, 2.45) is 5.73 Å². The highest BCUT2D eigenvalue weighted by Crippen LogP contribution is 2.28. The molecular formula is C19H22FN3O. The van der Waals surface area contributed by atoms with Gasteiger partial charge in [-0.15, -0.1) is 0 Å². The second-order valence-corrected chi connectivity index (χ2v) is 6.34. The van der Waals surface area contributed by atoms with Gasteiger partial charge in [-0.1, -0.05) is 36.4 Å². The molecule has 1 fully saturated rings. The molecule has 0 aliphatic carbocycles. The van der Waals surface area contributed by atoms with Crippen LogP contribution in [0.4, 0.5) is 10.1 Å². The zero-order valence-electron chi connectivity index (χ0n) is 13.5. The number of carbonyl (C=O) groups is 1. The maximum absolute atomic E-state index is 13.4. The van der Waals surface area contributed by atoms with E-state index in [9.17, 15) is 9.18 Å². The second kappa shape index (κ2) is 7.01. The molecule has 3 N–H and O–H groups in total. The van der Waals surface area contributed by atoms with Crippen molar-refractivity contribution in [1.82, 2.24) is 4.90 Å². The van der Waals surface area contributed by atoms with E-state index < -0.39 is 5.54 Å². The van der Waals surface area contributed by atoms with Crippen molar-refractivity contribution in [3.05, 3.63) is 66.0 Å². The molecule has 1 aliphatic heterocycles. The summed E-state index contributed by atoms with van der Waals surface area (Å²) < 4.78 is 13.4. The Morgan fingerprint density at radius 1 is 1.12 bits per heavy atom. The van der Waals surface area contributed by atoms with Crippen LogP contribution >= 0.6 is 0 Å². The first kappa shape index (κ1) is 16.5. The van der Waals surface area contributed by atoms with Gasteiger partial charge in [0.15, 0.2) is 0 Å². The lowest BCUT2D eigenvalue weighted by Gasteiger charge is -2.40. The summed E-state index contributed by atoms with van der Waals surface area (Å²) in [6, 6.07) is 16.4. The number of hydrogen-bond donors (Lipinski definition) is 2. The Balaban J connectivity index is 1.67. The van der Waals surface area contributed by atoms with Crippen molar-refractivity contribution in [3.63, 3.8) is 0 Å². The van der Waals surface area contributed by atoms with Gasteiger partial charge >= 0.3 is 0 Å². The molecule has 0 radical (unpaired) electrons. The number of hydrogen-bond acceptors (Lipinski definition) is 3. The van der Waals surface area contributed by atoms with Gasteiger partial charge in [0, 0.05) is 25.3 Å². The van der Waals surface area contributed by atoms with Gasteiger partial charge < -0.3 is 11.1 Å². The molecule has 0 atom stereocenters. The van der Waals surface area contributed by atoms with Crippen LogP contribution in [0.2, 0.25) is 0 Å². The third kappa shape index (κ3) is 3.74. The fourth-order valence-corrected chi connectivity index (χ4v) is 3.21. The Labute approximate surface area is 141 Å². The van der Waals surface area contributed by atoms with E-state index in [4.69, 9.17) is 5.73 Å². The van der Waals surface area contributed by atoms with Crippen LogP contribution in [0.15, 0.2) is 54.6 Å². The molecule has 1 saturated heterocycles. The molecule has 0 spiro atoms. The molecule has 4 nitrogen and oxygen atoms in total. The maximum atomic E-state index is 13.4. The fraction of sp³-hybridized carbons (Fsp3) is 0.316. The molecule has 5 heteroatoms. The van der Waals surface area contributed by atoms with Crippen molar-refractivity contribution >= 4 is 11.6 Å². The van der Waals surface area contributed by atoms with E-state index in [0.29, 0.717) is 18.5 Å². The topological polar surface area (TPSA) is 58.4 Å². The Morgan fingerprint density at radius 2 is 1.83 bits per heavy atom. The summed E-state index contributed by atoms with van der Waals surface area (Å²) in [5.41, 5.74) is 6.69. The van der Waals surface area contributed by atoms with Crippen LogP contribution in [-0.2, 0) is 11.3 Å². The van der Waals surface area contributed by atoms with Gasteiger partial charge in [0.1, 0.15) is 11.4 Å². The summed E-state index contributed by atoms with van der Waals surface area (Å²) in [5, 5.41) is 3.18. The number of halogens is 1. The minimum Gasteiger partial charge on any atom is -0.371 e. The van der Waals surface area contributed by atoms with Gasteiger partial charge in [0.25, 0.3) is 0 Å². The van der Waals surface area contributed by atoms with Gasteiger partial charge in [-0.25, -0.2) is 4.39 Å². The highest BCUT2D eigenvalue weighted by Gasteiger charge is 2.39. The number of nitrogens with one attached hydrogen (secondary N) is 1. The van der Waals surface area contributed by atoms with E-state index in [1.807, 2.05) is 18.2 Å². The number of nitrogens with zero attached hydrogens (tertiary/aromatic N) is 1. The van der Waals surface area contributed by atoms with Crippen LogP contribution in [0.25, 0.3) is 0 Å². The third-order valence-corrected chi connectivity index (χ3v) is 4.64. The first-order chi connectivity index (χ1) is 11.6. The van der Waals surface area contributed by atoms with Gasteiger partial charge in [0.2, 0.25) is 5.91 Å². The smallest absolute Gasteiger partial charge is 0.243 e. The van der Waals surface area contributed by atoms with Crippen molar-refractivity contribution in [1.29, 1.82) is 0 Å². The van der Waals surface area contributed by atoms with Gasteiger partial charge in [-0.05, 0) is 36.6 Å². The van der Waals surface area contributed by atoms with Gasteiger partial charge in [0.05, 0.1) is 0 Å². The summed E-state index contributed by atoms with van der Waals surface area (Å²) in [7, 11) is 0. The Kier molecular flexibility index (Phi) is 4.81. The van der Waals surface area contributed by atoms with Gasteiger partial charge in [-0.3, -0.25) is 9.69 Å². The molecule has 126 valence electrons. The van der Waals surface area contributed by atoms with E-state index >= 15 is 0 Å². The number of rotatable bonds is 5. The average molecular weight is 327 g/mol. The van der Waals surface area contributed by atoms with E-state index in [2.05, 4.69) is 22.3 Å². The van der Waals surface area contributed by atoms with E-state index in [1.54, 1.807) is 12.1 Å². The molecule has 0 saturated carbocycles. The van der Waals surface area contributed by atoms with Crippen LogP contribution in [-0.4, -0.2) is 29.4 Å². The summed E-state index contributed by atoms with van der Waals surface area (Å²) in [4.78, 5) is 14.4. The Morgan fingerprint density at radius 3 is 2.46 bits per heavy atom. The number of anilines is 1. The van der Waals surface area contributed by atoms with Crippen molar-refractivity contribution in [2.75, 3.05) is 18.4 Å². The number of amides is 1. The quantitative estimate of drug-likeness (QED) is 0.888. The number of primary amides is 1. The standard InChI is InChI=1S/C19H22FN3O/c20-16-7-4-8-17(13-16)22-19(18(21)24)9-11-23(12-10-19)14-15-5-2-1-3-6-15/h1-8,13,22H,9-12,14H2,(H2,21,24). The van der Waals surface area contributed by atoms with E-state index in [0.717, 1.165) is 19.6 Å². The number of benzene rings is 2. The second-order valence-electron chi connectivity index (χ2n) is 6.34. The van der Waals surface area contributed by atoms with Crippen LogP contribution in [0.3, 0.4) is 0 Å². The van der Waals surface area contributed by atoms with E-state index in [-0.39, 0.29) is 11.7 Å². The molecule has 0 aromatic heterocycles. The highest BCUT2D eigenvalue weighted by molar-refractivity contribution is 5.88. The molecule has 0 bridgehead atoms.